The number of hydrogen-bond acceptors (Lipinski definition) is 4. The van der Waals surface area contributed by atoms with Crippen LogP contribution in [-0.4, -0.2) is 42.5 Å². The summed E-state index contributed by atoms with van der Waals surface area (Å²) in [5.74, 6) is 0.238. The fraction of sp³-hybridized carbons (Fsp3) is 0.643. The number of ketones is 1. The first-order valence-electron chi connectivity index (χ1n) is 6.88. The maximum atomic E-state index is 12.3. The zero-order valence-corrected chi connectivity index (χ0v) is 13.2. The Morgan fingerprint density at radius 3 is 3.05 bits per heavy atom. The molecule has 2 atom stereocenters. The van der Waals surface area contributed by atoms with Gasteiger partial charge in [-0.2, -0.15) is 0 Å². The van der Waals surface area contributed by atoms with Crippen molar-refractivity contribution < 1.29 is 9.53 Å². The topological polar surface area (TPSA) is 29.5 Å². The predicted molar refractivity (Wildman–Crippen MR) is 79.9 cm³/mol. The summed E-state index contributed by atoms with van der Waals surface area (Å²) in [5.41, 5.74) is 0. The molecule has 0 aromatic carbocycles. The van der Waals surface area contributed by atoms with Gasteiger partial charge in [0.2, 0.25) is 0 Å². The summed E-state index contributed by atoms with van der Waals surface area (Å²) in [7, 11) is 0. The molecular formula is C14H18BrNO2S. The summed E-state index contributed by atoms with van der Waals surface area (Å²) in [4.78, 5) is 15.5. The van der Waals surface area contributed by atoms with Crippen molar-refractivity contribution in [2.24, 2.45) is 0 Å². The Morgan fingerprint density at radius 1 is 1.42 bits per heavy atom. The van der Waals surface area contributed by atoms with Gasteiger partial charge in [0.15, 0.2) is 5.78 Å². The molecular weight excluding hydrogens is 326 g/mol. The van der Waals surface area contributed by atoms with E-state index < -0.39 is 0 Å². The maximum Gasteiger partial charge on any atom is 0.186 e. The summed E-state index contributed by atoms with van der Waals surface area (Å²) in [6, 6.07) is 4.31. The first-order valence-corrected chi connectivity index (χ1v) is 8.49. The van der Waals surface area contributed by atoms with E-state index in [0.717, 1.165) is 28.2 Å². The summed E-state index contributed by atoms with van der Waals surface area (Å²) in [5, 5.41) is 0. The van der Waals surface area contributed by atoms with E-state index in [4.69, 9.17) is 4.74 Å². The highest BCUT2D eigenvalue weighted by Crippen LogP contribution is 2.29. The molecule has 2 aliphatic rings. The molecule has 2 fully saturated rings. The largest absolute Gasteiger partial charge is 0.375 e. The quantitative estimate of drug-likeness (QED) is 0.788. The molecule has 1 aliphatic carbocycles. The van der Waals surface area contributed by atoms with Gasteiger partial charge < -0.3 is 4.74 Å². The minimum atomic E-state index is 0.238. The van der Waals surface area contributed by atoms with Crippen LogP contribution < -0.4 is 0 Å². The molecule has 1 aliphatic heterocycles. The monoisotopic (exact) mass is 343 g/mol. The fourth-order valence-electron chi connectivity index (χ4n) is 3.10. The molecule has 1 saturated carbocycles. The molecule has 0 spiro atoms. The molecule has 0 radical (unpaired) electrons. The van der Waals surface area contributed by atoms with Crippen molar-refractivity contribution >= 4 is 33.0 Å². The van der Waals surface area contributed by atoms with Crippen LogP contribution in [0.4, 0.5) is 0 Å². The Kier molecular flexibility index (Phi) is 4.37. The molecule has 1 aromatic heterocycles. The van der Waals surface area contributed by atoms with Crippen LogP contribution in [0.3, 0.4) is 0 Å². The molecule has 0 N–H and O–H groups in total. The van der Waals surface area contributed by atoms with Crippen molar-refractivity contribution in [1.29, 1.82) is 0 Å². The van der Waals surface area contributed by atoms with E-state index in [2.05, 4.69) is 20.8 Å². The van der Waals surface area contributed by atoms with E-state index in [1.165, 1.54) is 30.6 Å². The number of ether oxygens (including phenoxy) is 1. The number of rotatable bonds is 3. The van der Waals surface area contributed by atoms with E-state index in [0.29, 0.717) is 18.7 Å². The second kappa shape index (κ2) is 6.04. The van der Waals surface area contributed by atoms with Crippen molar-refractivity contribution in [3.8, 4) is 0 Å². The van der Waals surface area contributed by atoms with Gasteiger partial charge >= 0.3 is 0 Å². The highest BCUT2D eigenvalue weighted by Gasteiger charge is 2.35. The summed E-state index contributed by atoms with van der Waals surface area (Å²) < 4.78 is 6.87. The number of carbonyl (C=O) groups excluding carboxylic acids is 1. The van der Waals surface area contributed by atoms with Crippen LogP contribution in [-0.2, 0) is 4.74 Å². The highest BCUT2D eigenvalue weighted by atomic mass is 79.9. The third-order valence-corrected chi connectivity index (χ3v) is 5.71. The number of nitrogens with zero attached hydrogens (tertiary/aromatic N) is 1. The lowest BCUT2D eigenvalue weighted by Crippen LogP contribution is -2.53. The lowest BCUT2D eigenvalue weighted by molar-refractivity contribution is -0.0846. The van der Waals surface area contributed by atoms with E-state index in [9.17, 15) is 4.79 Å². The Hall–Kier alpha value is -0.230. The Bertz CT molecular complexity index is 460. The van der Waals surface area contributed by atoms with Gasteiger partial charge in [0, 0.05) is 12.6 Å². The van der Waals surface area contributed by atoms with E-state index in [1.807, 2.05) is 12.1 Å². The summed E-state index contributed by atoms with van der Waals surface area (Å²) in [6.07, 6.45) is 5.21. The fourth-order valence-corrected chi connectivity index (χ4v) is 4.42. The summed E-state index contributed by atoms with van der Waals surface area (Å²) in [6.45, 7) is 2.19. The number of thiophene rings is 1. The number of halogens is 1. The van der Waals surface area contributed by atoms with Gasteiger partial charge in [-0.15, -0.1) is 11.3 Å². The first-order chi connectivity index (χ1) is 9.24. The Labute approximate surface area is 126 Å². The SMILES string of the molecule is O=C(CN1CCOC2CCCCC21)c1ccc(Br)s1. The minimum absolute atomic E-state index is 0.238. The molecule has 1 aromatic rings. The normalized spacial score (nSPS) is 28.1. The Balaban J connectivity index is 1.66. The van der Waals surface area contributed by atoms with Crippen LogP contribution in [0, 0.1) is 0 Å². The van der Waals surface area contributed by atoms with Gasteiger partial charge in [-0.3, -0.25) is 9.69 Å². The second-order valence-corrected chi connectivity index (χ2v) is 7.72. The second-order valence-electron chi connectivity index (χ2n) is 5.26. The highest BCUT2D eigenvalue weighted by molar-refractivity contribution is 9.11. The average molecular weight is 344 g/mol. The van der Waals surface area contributed by atoms with Gasteiger partial charge in [-0.05, 0) is 40.9 Å². The summed E-state index contributed by atoms with van der Waals surface area (Å²) >= 11 is 4.94. The van der Waals surface area contributed by atoms with Crippen LogP contribution in [0.25, 0.3) is 0 Å². The van der Waals surface area contributed by atoms with Crippen LogP contribution in [0.15, 0.2) is 15.9 Å². The molecule has 3 nitrogen and oxygen atoms in total. The Morgan fingerprint density at radius 2 is 2.26 bits per heavy atom. The number of fused-ring (bicyclic) bond motifs is 1. The third-order valence-electron chi connectivity index (χ3n) is 4.04. The van der Waals surface area contributed by atoms with Crippen molar-refractivity contribution in [2.45, 2.75) is 37.8 Å². The number of carbonyl (C=O) groups is 1. The molecule has 0 bridgehead atoms. The molecule has 2 unspecified atom stereocenters. The van der Waals surface area contributed by atoms with Crippen molar-refractivity contribution in [1.82, 2.24) is 4.90 Å². The van der Waals surface area contributed by atoms with Crippen LogP contribution in [0.5, 0.6) is 0 Å². The van der Waals surface area contributed by atoms with Gasteiger partial charge in [0.05, 0.1) is 27.9 Å². The average Bonchev–Trinajstić information content (AvgIpc) is 2.86. The zero-order chi connectivity index (χ0) is 13.2. The van der Waals surface area contributed by atoms with E-state index in [1.54, 1.807) is 0 Å². The smallest absolute Gasteiger partial charge is 0.186 e. The predicted octanol–water partition coefficient (Wildman–Crippen LogP) is 3.34. The molecule has 1 saturated heterocycles. The standard InChI is InChI=1S/C14H18BrNO2S/c15-14-6-5-13(19-14)11(17)9-16-7-8-18-12-4-2-1-3-10(12)16/h5-6,10,12H,1-4,7-9H2. The van der Waals surface area contributed by atoms with Crippen LogP contribution >= 0.6 is 27.3 Å². The van der Waals surface area contributed by atoms with E-state index in [-0.39, 0.29) is 5.78 Å². The van der Waals surface area contributed by atoms with Crippen LogP contribution in [0.1, 0.15) is 35.4 Å². The van der Waals surface area contributed by atoms with E-state index >= 15 is 0 Å². The van der Waals surface area contributed by atoms with Crippen molar-refractivity contribution in [2.75, 3.05) is 19.7 Å². The minimum Gasteiger partial charge on any atom is -0.375 e. The molecule has 19 heavy (non-hydrogen) atoms. The first kappa shape index (κ1) is 13.7. The molecule has 0 amide bonds. The maximum absolute atomic E-state index is 12.3. The van der Waals surface area contributed by atoms with Crippen molar-refractivity contribution in [3.05, 3.63) is 20.8 Å². The molecule has 3 rings (SSSR count). The third kappa shape index (κ3) is 3.10. The lowest BCUT2D eigenvalue weighted by atomic mass is 9.90. The lowest BCUT2D eigenvalue weighted by Gasteiger charge is -2.43. The molecule has 5 heteroatoms. The molecule has 2 heterocycles. The van der Waals surface area contributed by atoms with Gasteiger partial charge in [-0.1, -0.05) is 12.8 Å². The van der Waals surface area contributed by atoms with Crippen molar-refractivity contribution in [3.63, 3.8) is 0 Å². The zero-order valence-electron chi connectivity index (χ0n) is 10.8. The molecule has 104 valence electrons. The number of morpholine rings is 1. The number of hydrogen-bond donors (Lipinski definition) is 0. The van der Waals surface area contributed by atoms with Gasteiger partial charge in [0.25, 0.3) is 0 Å². The van der Waals surface area contributed by atoms with Crippen LogP contribution in [0.2, 0.25) is 0 Å². The van der Waals surface area contributed by atoms with Gasteiger partial charge in [-0.25, -0.2) is 0 Å². The van der Waals surface area contributed by atoms with Gasteiger partial charge in [0.1, 0.15) is 0 Å². The number of Topliss-reactive ketones (excluding diaryl/α,β-unsaturated/α-hetero) is 1.